The maximum Gasteiger partial charge on any atom is 0.134 e. The van der Waals surface area contributed by atoms with Gasteiger partial charge in [0.1, 0.15) is 11.4 Å². The topological polar surface area (TPSA) is 30.2 Å². The third kappa shape index (κ3) is 1.61. The van der Waals surface area contributed by atoms with Crippen LogP contribution in [0.5, 0.6) is 0 Å². The van der Waals surface area contributed by atoms with Gasteiger partial charge in [-0.25, -0.2) is 0 Å². The number of hydrogen-bond donors (Lipinski definition) is 0. The van der Waals surface area contributed by atoms with Crippen LogP contribution in [0.2, 0.25) is 0 Å². The van der Waals surface area contributed by atoms with Gasteiger partial charge in [-0.3, -0.25) is 4.79 Å². The minimum absolute atomic E-state index is 0.169. The quantitative estimate of drug-likeness (QED) is 0.697. The maximum absolute atomic E-state index is 10.9. The summed E-state index contributed by atoms with van der Waals surface area (Å²) in [5.74, 6) is 0.169. The van der Waals surface area contributed by atoms with Gasteiger partial charge in [0.15, 0.2) is 0 Å². The second kappa shape index (κ2) is 3.05. The molecule has 2 aromatic rings. The summed E-state index contributed by atoms with van der Waals surface area (Å²) in [6.45, 7) is 1.59. The van der Waals surface area contributed by atoms with Gasteiger partial charge in [0.25, 0.3) is 0 Å². The summed E-state index contributed by atoms with van der Waals surface area (Å²) in [6.07, 6.45) is 2.01. The molecule has 0 saturated carbocycles. The van der Waals surface area contributed by atoms with E-state index in [0.717, 1.165) is 16.5 Å². The predicted molar refractivity (Wildman–Crippen MR) is 49.4 cm³/mol. The van der Waals surface area contributed by atoms with Crippen molar-refractivity contribution in [2.75, 3.05) is 0 Å². The van der Waals surface area contributed by atoms with Crippen LogP contribution in [-0.2, 0) is 11.2 Å². The Balaban J connectivity index is 2.42. The van der Waals surface area contributed by atoms with Crippen molar-refractivity contribution >= 4 is 16.8 Å². The summed E-state index contributed by atoms with van der Waals surface area (Å²) in [7, 11) is 0. The number of benzene rings is 1. The Morgan fingerprint density at radius 3 is 3.15 bits per heavy atom. The first-order chi connectivity index (χ1) is 6.25. The zero-order valence-corrected chi connectivity index (χ0v) is 7.33. The van der Waals surface area contributed by atoms with Gasteiger partial charge in [0.2, 0.25) is 0 Å². The van der Waals surface area contributed by atoms with Crippen LogP contribution in [0.25, 0.3) is 11.0 Å². The molecule has 13 heavy (non-hydrogen) atoms. The second-order valence-electron chi connectivity index (χ2n) is 3.09. The van der Waals surface area contributed by atoms with Crippen molar-refractivity contribution in [1.82, 2.24) is 0 Å². The Kier molecular flexibility index (Phi) is 1.89. The molecule has 65 valence electrons. The van der Waals surface area contributed by atoms with E-state index in [9.17, 15) is 4.79 Å². The van der Waals surface area contributed by atoms with Crippen LogP contribution >= 0.6 is 0 Å². The summed E-state index contributed by atoms with van der Waals surface area (Å²) in [4.78, 5) is 10.9. The molecule has 2 nitrogen and oxygen atoms in total. The number of Topliss-reactive ketones (excluding diaryl/α,β-unsaturated/α-hetero) is 1. The molecule has 0 N–H and O–H groups in total. The van der Waals surface area contributed by atoms with Crippen molar-refractivity contribution in [2.24, 2.45) is 0 Å². The Morgan fingerprint density at radius 2 is 2.38 bits per heavy atom. The highest BCUT2D eigenvalue weighted by Crippen LogP contribution is 2.16. The van der Waals surface area contributed by atoms with Crippen LogP contribution in [-0.4, -0.2) is 5.78 Å². The fraction of sp³-hybridized carbons (Fsp3) is 0.182. The van der Waals surface area contributed by atoms with Crippen LogP contribution in [0.3, 0.4) is 0 Å². The third-order valence-corrected chi connectivity index (χ3v) is 1.90. The largest absolute Gasteiger partial charge is 0.464 e. The number of rotatable bonds is 2. The first kappa shape index (κ1) is 8.05. The van der Waals surface area contributed by atoms with Crippen LogP contribution in [0.1, 0.15) is 12.5 Å². The van der Waals surface area contributed by atoms with Gasteiger partial charge >= 0.3 is 0 Å². The molecule has 0 unspecified atom stereocenters. The minimum Gasteiger partial charge on any atom is -0.464 e. The average molecular weight is 173 g/mol. The van der Waals surface area contributed by atoms with E-state index in [4.69, 9.17) is 4.42 Å². The molecule has 0 amide bonds. The van der Waals surface area contributed by atoms with Crippen molar-refractivity contribution in [3.63, 3.8) is 0 Å². The van der Waals surface area contributed by atoms with Gasteiger partial charge in [0, 0.05) is 17.9 Å². The highest BCUT2D eigenvalue weighted by molar-refractivity contribution is 5.82. The van der Waals surface area contributed by atoms with E-state index in [2.05, 4.69) is 6.07 Å². The van der Waals surface area contributed by atoms with Crippen LogP contribution in [0, 0.1) is 6.07 Å². The fourth-order valence-electron chi connectivity index (χ4n) is 1.35. The van der Waals surface area contributed by atoms with E-state index in [0.29, 0.717) is 6.42 Å². The molecule has 0 saturated heterocycles. The van der Waals surface area contributed by atoms with Crippen molar-refractivity contribution in [3.05, 3.63) is 36.1 Å². The maximum atomic E-state index is 10.9. The molecule has 2 heteroatoms. The SMILES string of the molecule is CC(=O)Cc1ccc2oc[c]c2c1. The third-order valence-electron chi connectivity index (χ3n) is 1.90. The monoisotopic (exact) mass is 173 g/mol. The van der Waals surface area contributed by atoms with Gasteiger partial charge in [-0.15, -0.1) is 0 Å². The number of ketones is 1. The summed E-state index contributed by atoms with van der Waals surface area (Å²) in [5, 5.41) is 0.929. The molecule has 0 aliphatic rings. The Hall–Kier alpha value is -1.57. The van der Waals surface area contributed by atoms with Crippen molar-refractivity contribution in [3.8, 4) is 0 Å². The molecule has 1 aromatic carbocycles. The predicted octanol–water partition coefficient (Wildman–Crippen LogP) is 2.36. The summed E-state index contributed by atoms with van der Waals surface area (Å²) in [6, 6.07) is 8.66. The summed E-state index contributed by atoms with van der Waals surface area (Å²) >= 11 is 0. The van der Waals surface area contributed by atoms with E-state index < -0.39 is 0 Å². The smallest absolute Gasteiger partial charge is 0.134 e. The molecular formula is C11H9O2. The molecule has 0 aliphatic carbocycles. The number of fused-ring (bicyclic) bond motifs is 1. The fourth-order valence-corrected chi connectivity index (χ4v) is 1.35. The van der Waals surface area contributed by atoms with Gasteiger partial charge < -0.3 is 4.42 Å². The molecular weight excluding hydrogens is 164 g/mol. The van der Waals surface area contributed by atoms with E-state index >= 15 is 0 Å². The number of hydrogen-bond acceptors (Lipinski definition) is 2. The molecule has 0 fully saturated rings. The number of furan rings is 1. The van der Waals surface area contributed by atoms with Gasteiger partial charge in [-0.2, -0.15) is 0 Å². The number of carbonyl (C=O) groups excluding carboxylic acids is 1. The van der Waals surface area contributed by atoms with Crippen LogP contribution in [0.15, 0.2) is 28.9 Å². The van der Waals surface area contributed by atoms with Crippen molar-refractivity contribution in [2.45, 2.75) is 13.3 Å². The van der Waals surface area contributed by atoms with Crippen molar-refractivity contribution in [1.29, 1.82) is 0 Å². The Morgan fingerprint density at radius 1 is 1.54 bits per heavy atom. The molecule has 0 aliphatic heterocycles. The lowest BCUT2D eigenvalue weighted by Crippen LogP contribution is -1.95. The second-order valence-corrected chi connectivity index (χ2v) is 3.09. The Labute approximate surface area is 76.2 Å². The lowest BCUT2D eigenvalue weighted by molar-refractivity contribution is -0.116. The lowest BCUT2D eigenvalue weighted by Gasteiger charge is -1.96. The average Bonchev–Trinajstić information content (AvgIpc) is 2.49. The molecule has 0 atom stereocenters. The molecule has 0 bridgehead atoms. The zero-order valence-electron chi connectivity index (χ0n) is 7.33. The zero-order chi connectivity index (χ0) is 9.26. The lowest BCUT2D eigenvalue weighted by atomic mass is 10.1. The molecule has 0 spiro atoms. The van der Waals surface area contributed by atoms with Crippen molar-refractivity contribution < 1.29 is 9.21 Å². The van der Waals surface area contributed by atoms with Gasteiger partial charge in [0.05, 0.1) is 6.26 Å². The highest BCUT2D eigenvalue weighted by atomic mass is 16.3. The van der Waals surface area contributed by atoms with E-state index in [-0.39, 0.29) is 5.78 Å². The minimum atomic E-state index is 0.169. The van der Waals surface area contributed by atoms with Gasteiger partial charge in [-0.05, 0) is 24.6 Å². The van der Waals surface area contributed by atoms with Gasteiger partial charge in [-0.1, -0.05) is 6.07 Å². The summed E-state index contributed by atoms with van der Waals surface area (Å²) in [5.41, 5.74) is 1.82. The number of carbonyl (C=O) groups is 1. The molecule has 1 radical (unpaired) electrons. The Bertz CT molecular complexity index is 440. The van der Waals surface area contributed by atoms with E-state index in [1.807, 2.05) is 18.2 Å². The highest BCUT2D eigenvalue weighted by Gasteiger charge is 2.00. The standard InChI is InChI=1S/C11H9O2/c1-8(12)6-9-2-3-11-10(7-9)4-5-13-11/h2-3,5,7H,6H2,1H3. The van der Waals surface area contributed by atoms with Crippen LogP contribution < -0.4 is 0 Å². The van der Waals surface area contributed by atoms with E-state index in [1.54, 1.807) is 6.92 Å². The molecule has 2 rings (SSSR count). The first-order valence-electron chi connectivity index (χ1n) is 4.13. The normalized spacial score (nSPS) is 10.5. The molecule has 1 heterocycles. The summed E-state index contributed by atoms with van der Waals surface area (Å²) < 4.78 is 5.14. The van der Waals surface area contributed by atoms with Crippen LogP contribution in [0.4, 0.5) is 0 Å². The molecule has 1 aromatic heterocycles. The first-order valence-corrected chi connectivity index (χ1v) is 4.13. The van der Waals surface area contributed by atoms with E-state index in [1.165, 1.54) is 6.26 Å².